The van der Waals surface area contributed by atoms with Gasteiger partial charge in [0.2, 0.25) is 0 Å². The van der Waals surface area contributed by atoms with Crippen molar-refractivity contribution in [3.63, 3.8) is 0 Å². The van der Waals surface area contributed by atoms with Crippen molar-refractivity contribution >= 4 is 23.7 Å². The van der Waals surface area contributed by atoms with Gasteiger partial charge in [0.1, 0.15) is 10.7 Å². The molecule has 1 atom stereocenters. The third kappa shape index (κ3) is 3.59. The number of hydrogen-bond acceptors (Lipinski definition) is 7. The van der Waals surface area contributed by atoms with Gasteiger partial charge in [-0.05, 0) is 19.5 Å². The van der Waals surface area contributed by atoms with Crippen molar-refractivity contribution in [2.75, 3.05) is 26.7 Å². The van der Waals surface area contributed by atoms with Crippen LogP contribution in [-0.2, 0) is 0 Å². The molecule has 6 nitrogen and oxygen atoms in total. The molecule has 1 aliphatic rings. The summed E-state index contributed by atoms with van der Waals surface area (Å²) in [6, 6.07) is 8.38. The van der Waals surface area contributed by atoms with Crippen LogP contribution in [0.3, 0.4) is 0 Å². The number of rotatable bonds is 3. The van der Waals surface area contributed by atoms with E-state index in [1.165, 1.54) is 5.56 Å². The first-order valence-corrected chi connectivity index (χ1v) is 8.87. The van der Waals surface area contributed by atoms with E-state index in [1.807, 2.05) is 17.5 Å². The van der Waals surface area contributed by atoms with E-state index in [-0.39, 0.29) is 18.4 Å². The van der Waals surface area contributed by atoms with Gasteiger partial charge in [-0.1, -0.05) is 29.4 Å². The molecule has 1 unspecified atom stereocenters. The lowest BCUT2D eigenvalue weighted by atomic mass is 10.1. The Hall–Kier alpha value is -1.80. The average molecular weight is 378 g/mol. The highest BCUT2D eigenvalue weighted by Gasteiger charge is 2.26. The van der Waals surface area contributed by atoms with Gasteiger partial charge in [-0.3, -0.25) is 4.90 Å². The molecule has 0 amide bonds. The highest BCUT2D eigenvalue weighted by molar-refractivity contribution is 7.13. The molecule has 1 aliphatic heterocycles. The summed E-state index contributed by atoms with van der Waals surface area (Å²) in [7, 11) is 2.08. The van der Waals surface area contributed by atoms with Crippen molar-refractivity contribution in [2.24, 2.45) is 0 Å². The van der Waals surface area contributed by atoms with Crippen LogP contribution < -0.4 is 5.32 Å². The monoisotopic (exact) mass is 377 g/mol. The minimum Gasteiger partial charge on any atom is -0.332 e. The van der Waals surface area contributed by atoms with E-state index < -0.39 is 0 Å². The maximum absolute atomic E-state index is 5.46. The summed E-state index contributed by atoms with van der Waals surface area (Å²) in [4.78, 5) is 11.5. The molecule has 8 heteroatoms. The molecular formula is C17H20ClN5OS. The van der Waals surface area contributed by atoms with Crippen LogP contribution in [0.1, 0.15) is 17.4 Å². The van der Waals surface area contributed by atoms with Crippen molar-refractivity contribution in [3.8, 4) is 22.2 Å². The van der Waals surface area contributed by atoms with Gasteiger partial charge < -0.3 is 9.84 Å². The fraction of sp³-hybridized carbons (Fsp3) is 0.353. The number of thiazole rings is 1. The average Bonchev–Trinajstić information content (AvgIpc) is 3.25. The molecule has 0 aliphatic carbocycles. The number of benzene rings is 1. The second-order valence-corrected chi connectivity index (χ2v) is 6.87. The molecule has 25 heavy (non-hydrogen) atoms. The minimum absolute atomic E-state index is 0. The van der Waals surface area contributed by atoms with Crippen molar-refractivity contribution in [1.29, 1.82) is 0 Å². The molecule has 1 saturated heterocycles. The van der Waals surface area contributed by atoms with Crippen LogP contribution in [0.2, 0.25) is 0 Å². The second-order valence-electron chi connectivity index (χ2n) is 6.01. The predicted octanol–water partition coefficient (Wildman–Crippen LogP) is 3.17. The maximum atomic E-state index is 5.46. The van der Waals surface area contributed by atoms with Crippen LogP contribution in [0.4, 0.5) is 0 Å². The fourth-order valence-corrected chi connectivity index (χ4v) is 3.76. The van der Waals surface area contributed by atoms with E-state index in [1.54, 1.807) is 11.3 Å². The first-order valence-electron chi connectivity index (χ1n) is 7.99. The van der Waals surface area contributed by atoms with E-state index >= 15 is 0 Å². The summed E-state index contributed by atoms with van der Waals surface area (Å²) < 4.78 is 5.46. The fourth-order valence-electron chi connectivity index (χ4n) is 2.88. The first-order chi connectivity index (χ1) is 11.7. The number of nitrogens with one attached hydrogen (secondary N) is 1. The smallest absolute Gasteiger partial charge is 0.277 e. The highest BCUT2D eigenvalue weighted by Crippen LogP contribution is 2.30. The summed E-state index contributed by atoms with van der Waals surface area (Å²) in [6.45, 7) is 4.89. The van der Waals surface area contributed by atoms with E-state index in [9.17, 15) is 0 Å². The third-order valence-electron chi connectivity index (χ3n) is 4.35. The molecule has 1 fully saturated rings. The molecule has 0 bridgehead atoms. The van der Waals surface area contributed by atoms with E-state index in [0.717, 1.165) is 35.9 Å². The van der Waals surface area contributed by atoms with Crippen molar-refractivity contribution in [3.05, 3.63) is 41.0 Å². The van der Waals surface area contributed by atoms with Crippen molar-refractivity contribution in [2.45, 2.75) is 13.0 Å². The Morgan fingerprint density at radius 2 is 2.12 bits per heavy atom. The Balaban J connectivity index is 0.00000182. The summed E-state index contributed by atoms with van der Waals surface area (Å²) in [5, 5.41) is 10.5. The number of hydrogen-bond donors (Lipinski definition) is 1. The SMILES string of the molecule is Cc1ccccc1-c1nc(-c2nc(C3CNCCN3C)no2)cs1.Cl. The van der Waals surface area contributed by atoms with Gasteiger partial charge in [0.25, 0.3) is 5.89 Å². The molecule has 2 aromatic heterocycles. The zero-order chi connectivity index (χ0) is 16.5. The van der Waals surface area contributed by atoms with E-state index in [2.05, 4.69) is 51.4 Å². The lowest BCUT2D eigenvalue weighted by molar-refractivity contribution is 0.190. The van der Waals surface area contributed by atoms with Gasteiger partial charge in [-0.25, -0.2) is 4.98 Å². The molecule has 132 valence electrons. The van der Waals surface area contributed by atoms with Crippen molar-refractivity contribution in [1.82, 2.24) is 25.3 Å². The molecule has 3 aromatic rings. The van der Waals surface area contributed by atoms with Gasteiger partial charge in [-0.15, -0.1) is 23.7 Å². The highest BCUT2D eigenvalue weighted by atomic mass is 35.5. The molecule has 0 radical (unpaired) electrons. The molecule has 3 heterocycles. The second kappa shape index (κ2) is 7.61. The van der Waals surface area contributed by atoms with Crippen LogP contribution in [0, 0.1) is 6.92 Å². The summed E-state index contributed by atoms with van der Waals surface area (Å²) in [5.74, 6) is 1.20. The molecule has 1 N–H and O–H groups in total. The van der Waals surface area contributed by atoms with Crippen LogP contribution in [0.5, 0.6) is 0 Å². The van der Waals surface area contributed by atoms with Gasteiger partial charge in [0.05, 0.1) is 6.04 Å². The lowest BCUT2D eigenvalue weighted by Crippen LogP contribution is -2.44. The van der Waals surface area contributed by atoms with Crippen LogP contribution in [0.25, 0.3) is 22.2 Å². The molecule has 1 aromatic carbocycles. The van der Waals surface area contributed by atoms with Crippen LogP contribution >= 0.6 is 23.7 Å². The number of nitrogens with zero attached hydrogens (tertiary/aromatic N) is 4. The predicted molar refractivity (Wildman–Crippen MR) is 101 cm³/mol. The van der Waals surface area contributed by atoms with Gasteiger partial charge in [0, 0.05) is 30.6 Å². The standard InChI is InChI=1S/C17H19N5OS.ClH/c1-11-5-3-4-6-12(11)17-19-13(10-24-17)16-20-15(21-23-16)14-9-18-7-8-22(14)2;/h3-6,10,14,18H,7-9H2,1-2H3;1H. The molecule has 0 saturated carbocycles. The Bertz CT molecular complexity index is 849. The number of aromatic nitrogens is 3. The largest absolute Gasteiger partial charge is 0.332 e. The van der Waals surface area contributed by atoms with E-state index in [4.69, 9.17) is 4.52 Å². The van der Waals surface area contributed by atoms with E-state index in [0.29, 0.717) is 11.7 Å². The van der Waals surface area contributed by atoms with Gasteiger partial charge in [0.15, 0.2) is 5.82 Å². The molecular weight excluding hydrogens is 358 g/mol. The van der Waals surface area contributed by atoms with Gasteiger partial charge in [-0.2, -0.15) is 4.98 Å². The Morgan fingerprint density at radius 3 is 2.92 bits per heavy atom. The molecule has 4 rings (SSSR count). The first kappa shape index (κ1) is 18.0. The van der Waals surface area contributed by atoms with Gasteiger partial charge >= 0.3 is 0 Å². The van der Waals surface area contributed by atoms with Crippen LogP contribution in [0.15, 0.2) is 34.2 Å². The Morgan fingerprint density at radius 1 is 1.28 bits per heavy atom. The quantitative estimate of drug-likeness (QED) is 0.756. The third-order valence-corrected chi connectivity index (χ3v) is 5.23. The number of likely N-dealkylation sites (N-methyl/N-ethyl adjacent to an activating group) is 1. The summed E-state index contributed by atoms with van der Waals surface area (Å²) >= 11 is 1.60. The number of piperazine rings is 1. The minimum atomic E-state index is 0. The normalized spacial score (nSPS) is 18.1. The Kier molecular flexibility index (Phi) is 5.48. The topological polar surface area (TPSA) is 67.1 Å². The van der Waals surface area contributed by atoms with Crippen LogP contribution in [-0.4, -0.2) is 46.7 Å². The Labute approximate surface area is 156 Å². The van der Waals surface area contributed by atoms with Crippen molar-refractivity contribution < 1.29 is 4.52 Å². The number of halogens is 1. The zero-order valence-electron chi connectivity index (χ0n) is 14.1. The zero-order valence-corrected chi connectivity index (χ0v) is 15.7. The lowest BCUT2D eigenvalue weighted by Gasteiger charge is -2.30. The molecule has 0 spiro atoms. The summed E-state index contributed by atoms with van der Waals surface area (Å²) in [6.07, 6.45) is 0. The summed E-state index contributed by atoms with van der Waals surface area (Å²) in [5.41, 5.74) is 3.09. The number of aryl methyl sites for hydroxylation is 1. The maximum Gasteiger partial charge on any atom is 0.277 e.